The van der Waals surface area contributed by atoms with Crippen molar-refractivity contribution in [1.29, 1.82) is 0 Å². The van der Waals surface area contributed by atoms with E-state index in [1.165, 1.54) is 4.90 Å². The van der Waals surface area contributed by atoms with Crippen LogP contribution in [0.25, 0.3) is 0 Å². The molecule has 2 aromatic rings. The minimum Gasteiger partial charge on any atom is -0.444 e. The zero-order valence-corrected chi connectivity index (χ0v) is 25.3. The number of terminal acetylenes is 1. The van der Waals surface area contributed by atoms with Crippen molar-refractivity contribution >= 4 is 29.5 Å². The molecule has 0 saturated carbocycles. The largest absolute Gasteiger partial charge is 0.444 e. The lowest BCUT2D eigenvalue weighted by Crippen LogP contribution is -2.58. The number of primary amides is 1. The maximum Gasteiger partial charge on any atom is 0.408 e. The number of carbonyl (C=O) groups excluding carboxylic acids is 4. The second-order valence-corrected chi connectivity index (χ2v) is 12.0. The molecule has 4 amide bonds. The van der Waals surface area contributed by atoms with Crippen molar-refractivity contribution in [2.24, 2.45) is 5.73 Å². The van der Waals surface area contributed by atoms with Crippen LogP contribution in [0.4, 0.5) is 10.5 Å². The van der Waals surface area contributed by atoms with Crippen LogP contribution in [0, 0.1) is 26.2 Å². The minimum atomic E-state index is -1.22. The number of benzene rings is 2. The van der Waals surface area contributed by atoms with Gasteiger partial charge in [-0.15, -0.1) is 6.42 Å². The Kier molecular flexibility index (Phi) is 10.7. The molecule has 0 saturated heterocycles. The highest BCUT2D eigenvalue weighted by atomic mass is 16.6. The highest BCUT2D eigenvalue weighted by Crippen LogP contribution is 2.34. The van der Waals surface area contributed by atoms with Crippen LogP contribution in [-0.4, -0.2) is 45.9 Å². The predicted octanol–water partition coefficient (Wildman–Crippen LogP) is 4.75. The summed E-state index contributed by atoms with van der Waals surface area (Å²) in [7, 11) is 0. The minimum absolute atomic E-state index is 0.0952. The summed E-state index contributed by atoms with van der Waals surface area (Å²) in [6.07, 6.45) is 4.72. The molecule has 220 valence electrons. The fourth-order valence-corrected chi connectivity index (χ4v) is 4.47. The van der Waals surface area contributed by atoms with Gasteiger partial charge in [0, 0.05) is 23.2 Å². The maximum absolute atomic E-state index is 14.4. The summed E-state index contributed by atoms with van der Waals surface area (Å²) in [6.45, 7) is 14.2. The van der Waals surface area contributed by atoms with Gasteiger partial charge in [0.15, 0.2) is 0 Å². The second kappa shape index (κ2) is 13.4. The number of carbonyl (C=O) groups is 4. The van der Waals surface area contributed by atoms with E-state index < -0.39 is 47.0 Å². The summed E-state index contributed by atoms with van der Waals surface area (Å²) < 4.78 is 5.38. The fraction of sp³-hybridized carbons (Fsp3) is 0.438. The maximum atomic E-state index is 14.4. The third kappa shape index (κ3) is 9.10. The molecule has 0 aromatic heterocycles. The summed E-state index contributed by atoms with van der Waals surface area (Å²) >= 11 is 0. The number of hydrogen-bond acceptors (Lipinski definition) is 5. The lowest BCUT2D eigenvalue weighted by molar-refractivity contribution is -0.147. The van der Waals surface area contributed by atoms with Gasteiger partial charge in [-0.25, -0.2) is 4.79 Å². The first-order valence-electron chi connectivity index (χ1n) is 13.5. The monoisotopic (exact) mass is 562 g/mol. The SMILES string of the molecule is C#Cc1ccccc1C(C(=O)Nc1c(C)cccc1C)N(C(=O)C(CCC(N)=O)NC(=O)OC(C)(C)C)C(C)(C)C. The highest BCUT2D eigenvalue weighted by Gasteiger charge is 2.42. The van der Waals surface area contributed by atoms with Gasteiger partial charge in [0.05, 0.1) is 0 Å². The molecule has 9 heteroatoms. The van der Waals surface area contributed by atoms with Gasteiger partial charge >= 0.3 is 6.09 Å². The first-order chi connectivity index (χ1) is 19.0. The van der Waals surface area contributed by atoms with Crippen LogP contribution in [0.15, 0.2) is 42.5 Å². The van der Waals surface area contributed by atoms with Crippen molar-refractivity contribution in [1.82, 2.24) is 10.2 Å². The van der Waals surface area contributed by atoms with E-state index in [1.54, 1.807) is 65.8 Å². The van der Waals surface area contributed by atoms with Crippen molar-refractivity contribution in [3.63, 3.8) is 0 Å². The topological polar surface area (TPSA) is 131 Å². The van der Waals surface area contributed by atoms with E-state index in [0.29, 0.717) is 16.8 Å². The second-order valence-electron chi connectivity index (χ2n) is 12.0. The van der Waals surface area contributed by atoms with Gasteiger partial charge in [0.2, 0.25) is 11.8 Å². The zero-order valence-electron chi connectivity index (χ0n) is 25.3. The summed E-state index contributed by atoms with van der Waals surface area (Å²) in [5.74, 6) is 0.895. The van der Waals surface area contributed by atoms with Crippen LogP contribution in [0.1, 0.15) is 82.7 Å². The highest BCUT2D eigenvalue weighted by molar-refractivity contribution is 6.00. The smallest absolute Gasteiger partial charge is 0.408 e. The molecule has 2 unspecified atom stereocenters. The number of nitrogens with two attached hydrogens (primary N) is 1. The molecule has 9 nitrogen and oxygen atoms in total. The molecule has 2 rings (SSSR count). The Labute approximate surface area is 243 Å². The molecule has 0 aliphatic heterocycles. The third-order valence-corrected chi connectivity index (χ3v) is 6.28. The normalized spacial score (nSPS) is 12.9. The molecule has 0 fully saturated rings. The summed E-state index contributed by atoms with van der Waals surface area (Å²) in [5.41, 5.74) is 6.82. The Morgan fingerprint density at radius 2 is 1.56 bits per heavy atom. The molecule has 0 aliphatic rings. The van der Waals surface area contributed by atoms with Crippen LogP contribution in [0.5, 0.6) is 0 Å². The van der Waals surface area contributed by atoms with Gasteiger partial charge in [-0.2, -0.15) is 0 Å². The number of para-hydroxylation sites is 1. The van der Waals surface area contributed by atoms with Crippen LogP contribution >= 0.6 is 0 Å². The standard InChI is InChI=1S/C32H42N4O5/c1-10-22-16-11-12-17-23(22)27(28(38)35-26-20(2)14-13-15-21(26)3)36(31(4,5)6)29(39)24(18-19-25(33)37)34-30(40)41-32(7,8)9/h1,11-17,24,27H,18-19H2,2-9H3,(H2,33,37)(H,34,40)(H,35,38). The molecular formula is C32H42N4O5. The number of anilines is 1. The number of alkyl carbamates (subject to hydrolysis) is 1. The van der Waals surface area contributed by atoms with Gasteiger partial charge in [0.1, 0.15) is 17.7 Å². The lowest BCUT2D eigenvalue weighted by Gasteiger charge is -2.43. The van der Waals surface area contributed by atoms with Crippen LogP contribution in [0.3, 0.4) is 0 Å². The summed E-state index contributed by atoms with van der Waals surface area (Å²) in [6, 6.07) is 10.1. The van der Waals surface area contributed by atoms with Gasteiger partial charge < -0.3 is 26.0 Å². The summed E-state index contributed by atoms with van der Waals surface area (Å²) in [4.78, 5) is 54.4. The van der Waals surface area contributed by atoms with E-state index in [-0.39, 0.29) is 12.8 Å². The van der Waals surface area contributed by atoms with E-state index in [9.17, 15) is 19.2 Å². The number of rotatable bonds is 9. The quantitative estimate of drug-likeness (QED) is 0.380. The van der Waals surface area contributed by atoms with Crippen LogP contribution in [-0.2, 0) is 19.1 Å². The number of hydrogen-bond donors (Lipinski definition) is 3. The molecule has 41 heavy (non-hydrogen) atoms. The summed E-state index contributed by atoms with van der Waals surface area (Å²) in [5, 5.41) is 5.60. The van der Waals surface area contributed by atoms with Gasteiger partial charge in [0.25, 0.3) is 5.91 Å². The van der Waals surface area contributed by atoms with Gasteiger partial charge in [-0.1, -0.05) is 42.3 Å². The Morgan fingerprint density at radius 1 is 0.976 bits per heavy atom. The predicted molar refractivity (Wildman–Crippen MR) is 160 cm³/mol. The van der Waals surface area contributed by atoms with Gasteiger partial charge in [-0.3, -0.25) is 14.4 Å². The first kappa shape index (κ1) is 32.9. The van der Waals surface area contributed by atoms with Crippen molar-refractivity contribution in [2.45, 2.75) is 91.5 Å². The van der Waals surface area contributed by atoms with E-state index in [0.717, 1.165) is 11.1 Å². The molecule has 0 heterocycles. The van der Waals surface area contributed by atoms with Gasteiger partial charge in [-0.05, 0) is 84.6 Å². The molecule has 0 aliphatic carbocycles. The van der Waals surface area contributed by atoms with Crippen molar-refractivity contribution in [3.8, 4) is 12.3 Å². The first-order valence-corrected chi connectivity index (χ1v) is 13.5. The van der Waals surface area contributed by atoms with Crippen molar-refractivity contribution in [3.05, 3.63) is 64.7 Å². The molecule has 0 radical (unpaired) electrons. The third-order valence-electron chi connectivity index (χ3n) is 6.28. The Morgan fingerprint density at radius 3 is 2.07 bits per heavy atom. The van der Waals surface area contributed by atoms with Crippen molar-refractivity contribution in [2.75, 3.05) is 5.32 Å². The molecule has 0 bridgehead atoms. The number of aryl methyl sites for hydroxylation is 2. The fourth-order valence-electron chi connectivity index (χ4n) is 4.47. The number of amides is 4. The molecule has 4 N–H and O–H groups in total. The Hall–Kier alpha value is -4.32. The van der Waals surface area contributed by atoms with Crippen molar-refractivity contribution < 1.29 is 23.9 Å². The van der Waals surface area contributed by atoms with Crippen LogP contribution < -0.4 is 16.4 Å². The van der Waals surface area contributed by atoms with E-state index in [2.05, 4.69) is 16.6 Å². The average Bonchev–Trinajstić information content (AvgIpc) is 2.84. The Balaban J connectivity index is 2.70. The number of nitrogens with zero attached hydrogens (tertiary/aromatic N) is 1. The zero-order chi connectivity index (χ0) is 31.1. The molecular weight excluding hydrogens is 520 g/mol. The Bertz CT molecular complexity index is 1310. The van der Waals surface area contributed by atoms with E-state index in [4.69, 9.17) is 16.9 Å². The average molecular weight is 563 g/mol. The number of nitrogens with one attached hydrogen (secondary N) is 2. The van der Waals surface area contributed by atoms with E-state index in [1.807, 2.05) is 32.0 Å². The molecule has 2 atom stereocenters. The van der Waals surface area contributed by atoms with E-state index >= 15 is 0 Å². The molecule has 2 aromatic carbocycles. The number of ether oxygens (including phenoxy) is 1. The molecule has 0 spiro atoms. The van der Waals surface area contributed by atoms with Crippen LogP contribution in [0.2, 0.25) is 0 Å². The lowest BCUT2D eigenvalue weighted by atomic mass is 9.92.